The number of benzene rings is 1. The highest BCUT2D eigenvalue weighted by Crippen LogP contribution is 2.24. The number of carbonyl (C=O) groups excluding carboxylic acids is 2. The van der Waals surface area contributed by atoms with E-state index < -0.39 is 11.9 Å². The van der Waals surface area contributed by atoms with Crippen molar-refractivity contribution < 1.29 is 23.9 Å². The van der Waals surface area contributed by atoms with Crippen molar-refractivity contribution in [1.82, 2.24) is 4.90 Å². The van der Waals surface area contributed by atoms with E-state index in [0.29, 0.717) is 22.7 Å². The number of carboxylic acid groups (broad SMARTS) is 1. The van der Waals surface area contributed by atoms with Gasteiger partial charge in [-0.3, -0.25) is 14.4 Å². The Balaban J connectivity index is 1.76. The summed E-state index contributed by atoms with van der Waals surface area (Å²) < 4.78 is 5.23. The maximum Gasteiger partial charge on any atom is 0.311 e. The number of hydrogen-bond acceptors (Lipinski definition) is 4. The number of hydrogen-bond donors (Lipinski definition) is 2. The summed E-state index contributed by atoms with van der Waals surface area (Å²) in [7, 11) is 0. The van der Waals surface area contributed by atoms with Crippen molar-refractivity contribution in [2.45, 2.75) is 40.0 Å². The normalized spacial score (nSPS) is 16.5. The summed E-state index contributed by atoms with van der Waals surface area (Å²) in [6.07, 6.45) is 3.17. The number of carbonyl (C=O) groups is 3. The minimum Gasteiger partial charge on any atom is -0.481 e. The molecule has 1 fully saturated rings. The third-order valence-electron chi connectivity index (χ3n) is 5.26. The van der Waals surface area contributed by atoms with Crippen LogP contribution in [0.3, 0.4) is 0 Å². The minimum atomic E-state index is -1.07. The lowest BCUT2D eigenvalue weighted by Gasteiger charge is -2.31. The number of rotatable bonds is 5. The number of aliphatic carboxylic acids is 1. The van der Waals surface area contributed by atoms with Crippen LogP contribution in [0, 0.1) is 19.8 Å². The molecule has 2 heterocycles. The maximum absolute atomic E-state index is 12.8. The number of amides is 2. The summed E-state index contributed by atoms with van der Waals surface area (Å²) in [6, 6.07) is 5.20. The first-order valence-electron chi connectivity index (χ1n) is 9.76. The molecule has 1 unspecified atom stereocenters. The van der Waals surface area contributed by atoms with E-state index in [-0.39, 0.29) is 23.7 Å². The van der Waals surface area contributed by atoms with E-state index in [0.717, 1.165) is 31.5 Å². The van der Waals surface area contributed by atoms with Gasteiger partial charge in [0.15, 0.2) is 0 Å². The van der Waals surface area contributed by atoms with Crippen molar-refractivity contribution in [2.24, 2.45) is 5.92 Å². The smallest absolute Gasteiger partial charge is 0.311 e. The molecule has 7 nitrogen and oxygen atoms in total. The SMILES string of the molecule is Cc1cc(C(=O)N2CCCC(C)C2)ccc1NC(=O)c1c(C)coc1CC(=O)O. The summed E-state index contributed by atoms with van der Waals surface area (Å²) in [4.78, 5) is 38.4. The van der Waals surface area contributed by atoms with Crippen LogP contribution in [-0.4, -0.2) is 40.9 Å². The lowest BCUT2D eigenvalue weighted by Crippen LogP contribution is -2.39. The summed E-state index contributed by atoms with van der Waals surface area (Å²) in [5, 5.41) is 11.8. The Morgan fingerprint density at radius 2 is 2.00 bits per heavy atom. The van der Waals surface area contributed by atoms with Crippen LogP contribution >= 0.6 is 0 Å². The lowest BCUT2D eigenvalue weighted by atomic mass is 9.99. The van der Waals surface area contributed by atoms with Gasteiger partial charge in [0.2, 0.25) is 0 Å². The average Bonchev–Trinajstić information content (AvgIpc) is 3.02. The molecule has 0 radical (unpaired) electrons. The molecule has 7 heteroatoms. The molecular weight excluding hydrogens is 372 g/mol. The van der Waals surface area contributed by atoms with Crippen LogP contribution in [0.2, 0.25) is 0 Å². The van der Waals surface area contributed by atoms with Gasteiger partial charge in [0.25, 0.3) is 11.8 Å². The van der Waals surface area contributed by atoms with Gasteiger partial charge in [-0.25, -0.2) is 0 Å². The molecule has 1 saturated heterocycles. The van der Waals surface area contributed by atoms with Crippen molar-refractivity contribution in [2.75, 3.05) is 18.4 Å². The molecule has 1 atom stereocenters. The first-order chi connectivity index (χ1) is 13.8. The quantitative estimate of drug-likeness (QED) is 0.801. The Bertz CT molecular complexity index is 947. The topological polar surface area (TPSA) is 99.9 Å². The highest BCUT2D eigenvalue weighted by Gasteiger charge is 2.24. The van der Waals surface area contributed by atoms with Gasteiger partial charge in [0.1, 0.15) is 12.2 Å². The predicted molar refractivity (Wildman–Crippen MR) is 108 cm³/mol. The first kappa shape index (κ1) is 20.6. The van der Waals surface area contributed by atoms with Crippen LogP contribution in [0.15, 0.2) is 28.9 Å². The van der Waals surface area contributed by atoms with Gasteiger partial charge >= 0.3 is 5.97 Å². The molecule has 2 aromatic rings. The molecule has 0 spiro atoms. The molecule has 29 heavy (non-hydrogen) atoms. The van der Waals surface area contributed by atoms with E-state index in [1.54, 1.807) is 25.1 Å². The van der Waals surface area contributed by atoms with Crippen molar-refractivity contribution in [3.63, 3.8) is 0 Å². The highest BCUT2D eigenvalue weighted by atomic mass is 16.4. The van der Waals surface area contributed by atoms with Crippen molar-refractivity contribution in [3.8, 4) is 0 Å². The number of likely N-dealkylation sites (tertiary alicyclic amines) is 1. The Kier molecular flexibility index (Phi) is 6.06. The maximum atomic E-state index is 12.8. The zero-order chi connectivity index (χ0) is 21.1. The molecule has 154 valence electrons. The predicted octanol–water partition coefficient (Wildman–Crippen LogP) is 3.65. The van der Waals surface area contributed by atoms with E-state index in [1.165, 1.54) is 6.26 Å². The zero-order valence-electron chi connectivity index (χ0n) is 16.9. The summed E-state index contributed by atoms with van der Waals surface area (Å²) in [5.74, 6) is -0.868. The Morgan fingerprint density at radius 3 is 2.66 bits per heavy atom. The third-order valence-corrected chi connectivity index (χ3v) is 5.26. The molecule has 1 aliphatic rings. The summed E-state index contributed by atoms with van der Waals surface area (Å²) >= 11 is 0. The number of nitrogens with one attached hydrogen (secondary N) is 1. The van der Waals surface area contributed by atoms with Gasteiger partial charge in [0, 0.05) is 29.9 Å². The molecule has 0 saturated carbocycles. The Labute approximate surface area is 169 Å². The number of piperidine rings is 1. The molecule has 1 aliphatic heterocycles. The highest BCUT2D eigenvalue weighted by molar-refractivity contribution is 6.07. The number of anilines is 1. The lowest BCUT2D eigenvalue weighted by molar-refractivity contribution is -0.136. The fourth-order valence-electron chi connectivity index (χ4n) is 3.75. The molecule has 1 aromatic heterocycles. The van der Waals surface area contributed by atoms with Gasteiger partial charge in [-0.15, -0.1) is 0 Å². The largest absolute Gasteiger partial charge is 0.481 e. The fourth-order valence-corrected chi connectivity index (χ4v) is 3.75. The number of aryl methyl sites for hydroxylation is 2. The number of furan rings is 1. The molecule has 1 aromatic carbocycles. The van der Waals surface area contributed by atoms with Gasteiger partial charge in [-0.05, 0) is 56.4 Å². The monoisotopic (exact) mass is 398 g/mol. The second-order valence-corrected chi connectivity index (χ2v) is 7.77. The molecule has 0 aliphatic carbocycles. The summed E-state index contributed by atoms with van der Waals surface area (Å²) in [5.41, 5.74) is 2.73. The van der Waals surface area contributed by atoms with E-state index in [9.17, 15) is 14.4 Å². The molecule has 0 bridgehead atoms. The second-order valence-electron chi connectivity index (χ2n) is 7.77. The minimum absolute atomic E-state index is 0.00644. The zero-order valence-corrected chi connectivity index (χ0v) is 16.9. The van der Waals surface area contributed by atoms with E-state index >= 15 is 0 Å². The van der Waals surface area contributed by atoms with E-state index in [4.69, 9.17) is 9.52 Å². The van der Waals surface area contributed by atoms with Crippen molar-refractivity contribution in [3.05, 3.63) is 52.5 Å². The van der Waals surface area contributed by atoms with Crippen LogP contribution in [0.5, 0.6) is 0 Å². The van der Waals surface area contributed by atoms with Crippen LogP contribution in [0.1, 0.15) is 57.4 Å². The molecule has 2 amide bonds. The van der Waals surface area contributed by atoms with E-state index in [1.807, 2.05) is 11.8 Å². The van der Waals surface area contributed by atoms with Gasteiger partial charge < -0.3 is 19.7 Å². The van der Waals surface area contributed by atoms with Crippen LogP contribution in [0.25, 0.3) is 0 Å². The van der Waals surface area contributed by atoms with Crippen LogP contribution in [-0.2, 0) is 11.2 Å². The Morgan fingerprint density at radius 1 is 1.24 bits per heavy atom. The van der Waals surface area contributed by atoms with Crippen molar-refractivity contribution in [1.29, 1.82) is 0 Å². The second kappa shape index (κ2) is 8.51. The van der Waals surface area contributed by atoms with Gasteiger partial charge in [-0.2, -0.15) is 0 Å². The van der Waals surface area contributed by atoms with Gasteiger partial charge in [0.05, 0.1) is 11.8 Å². The first-order valence-corrected chi connectivity index (χ1v) is 9.76. The molecule has 2 N–H and O–H groups in total. The summed E-state index contributed by atoms with van der Waals surface area (Å²) in [6.45, 7) is 7.21. The number of nitrogens with zero attached hydrogens (tertiary/aromatic N) is 1. The molecular formula is C22H26N2O5. The fraction of sp³-hybridized carbons (Fsp3) is 0.409. The average molecular weight is 398 g/mol. The van der Waals surface area contributed by atoms with Gasteiger partial charge in [-0.1, -0.05) is 6.92 Å². The number of carboxylic acids is 1. The molecule has 3 rings (SSSR count). The standard InChI is InChI=1S/C22H26N2O5/c1-13-5-4-8-24(11-13)22(28)16-6-7-17(14(2)9-16)23-21(27)20-15(3)12-29-18(20)10-19(25)26/h6-7,9,12-13H,4-5,8,10-11H2,1-3H3,(H,23,27)(H,25,26). The van der Waals surface area contributed by atoms with Crippen LogP contribution < -0.4 is 5.32 Å². The van der Waals surface area contributed by atoms with Crippen LogP contribution in [0.4, 0.5) is 5.69 Å². The van der Waals surface area contributed by atoms with Crippen molar-refractivity contribution >= 4 is 23.5 Å². The third kappa shape index (κ3) is 4.67. The Hall–Kier alpha value is -3.09. The van der Waals surface area contributed by atoms with E-state index in [2.05, 4.69) is 12.2 Å².